The van der Waals surface area contributed by atoms with Crippen LogP contribution in [-0.4, -0.2) is 16.1 Å². The van der Waals surface area contributed by atoms with E-state index in [1.807, 2.05) is 36.4 Å². The normalized spacial score (nSPS) is 10.7. The summed E-state index contributed by atoms with van der Waals surface area (Å²) in [7, 11) is 0. The minimum absolute atomic E-state index is 0.0543. The van der Waals surface area contributed by atoms with E-state index in [1.54, 1.807) is 25.3 Å². The maximum Gasteiger partial charge on any atom is 0.335 e. The van der Waals surface area contributed by atoms with E-state index in [1.165, 1.54) is 0 Å². The van der Waals surface area contributed by atoms with Crippen molar-refractivity contribution >= 4 is 5.97 Å². The zero-order valence-corrected chi connectivity index (χ0v) is 15.6. The van der Waals surface area contributed by atoms with Gasteiger partial charge >= 0.3 is 5.97 Å². The Bertz CT molecular complexity index is 1020. The highest BCUT2D eigenvalue weighted by atomic mass is 16.4. The van der Waals surface area contributed by atoms with Gasteiger partial charge in [-0.2, -0.15) is 0 Å². The number of aromatic carboxylic acids is 1. The topological polar surface area (TPSA) is 70.2 Å². The van der Waals surface area contributed by atoms with E-state index in [4.69, 9.17) is 0 Å². The smallest absolute Gasteiger partial charge is 0.335 e. The van der Waals surface area contributed by atoms with Crippen LogP contribution in [-0.2, 0) is 6.42 Å². The predicted octanol–water partition coefficient (Wildman–Crippen LogP) is 5.06. The molecule has 2 aromatic carbocycles. The van der Waals surface area contributed by atoms with E-state index >= 15 is 0 Å². The molecule has 0 atom stereocenters. The van der Waals surface area contributed by atoms with E-state index in [-0.39, 0.29) is 11.0 Å². The molecule has 0 saturated heterocycles. The van der Waals surface area contributed by atoms with Crippen molar-refractivity contribution in [2.75, 3.05) is 0 Å². The molecule has 3 aromatic rings. The number of unbranched alkanes of at least 4 members (excludes halogenated alkanes) is 1. The van der Waals surface area contributed by atoms with Gasteiger partial charge in [0, 0.05) is 23.0 Å². The van der Waals surface area contributed by atoms with Crippen molar-refractivity contribution < 1.29 is 9.90 Å². The fourth-order valence-electron chi connectivity index (χ4n) is 3.22. The molecule has 0 aliphatic rings. The molecule has 0 aliphatic heterocycles. The Kier molecular flexibility index (Phi) is 5.55. The molecule has 0 aliphatic carbocycles. The van der Waals surface area contributed by atoms with Crippen molar-refractivity contribution in [3.63, 3.8) is 0 Å². The number of H-pyrrole nitrogens is 1. The number of carboxylic acids is 1. The summed E-state index contributed by atoms with van der Waals surface area (Å²) in [6.07, 6.45) is 4.45. The second-order valence-electron chi connectivity index (χ2n) is 6.73. The highest BCUT2D eigenvalue weighted by Gasteiger charge is 2.16. The number of pyridine rings is 1. The largest absolute Gasteiger partial charge is 0.478 e. The van der Waals surface area contributed by atoms with Crippen molar-refractivity contribution in [3.8, 4) is 22.3 Å². The lowest BCUT2D eigenvalue weighted by Gasteiger charge is -2.13. The summed E-state index contributed by atoms with van der Waals surface area (Å²) >= 11 is 0. The first-order valence-electron chi connectivity index (χ1n) is 9.16. The molecule has 0 amide bonds. The molecular weight excluding hydrogens is 338 g/mol. The Morgan fingerprint density at radius 3 is 2.41 bits per heavy atom. The maximum absolute atomic E-state index is 12.9. The molecule has 0 fully saturated rings. The Morgan fingerprint density at radius 2 is 1.74 bits per heavy atom. The zero-order valence-electron chi connectivity index (χ0n) is 15.6. The zero-order chi connectivity index (χ0) is 19.4. The molecular formula is C23H23NO3. The summed E-state index contributed by atoms with van der Waals surface area (Å²) in [5.41, 5.74) is 4.51. The fourth-order valence-corrected chi connectivity index (χ4v) is 3.22. The number of benzene rings is 2. The third-order valence-corrected chi connectivity index (χ3v) is 4.71. The van der Waals surface area contributed by atoms with Crippen LogP contribution in [0, 0.1) is 6.92 Å². The lowest BCUT2D eigenvalue weighted by molar-refractivity contribution is 0.0697. The average Bonchev–Trinajstić information content (AvgIpc) is 2.69. The summed E-state index contributed by atoms with van der Waals surface area (Å²) in [4.78, 5) is 27.8. The van der Waals surface area contributed by atoms with Crippen molar-refractivity contribution in [3.05, 3.63) is 81.8 Å². The van der Waals surface area contributed by atoms with E-state index in [0.717, 1.165) is 36.1 Å². The predicted molar refractivity (Wildman–Crippen MR) is 108 cm³/mol. The summed E-state index contributed by atoms with van der Waals surface area (Å²) in [5.74, 6) is -1.01. The number of aryl methyl sites for hydroxylation is 2. The first-order chi connectivity index (χ1) is 13.0. The molecule has 4 heteroatoms. The number of aromatic nitrogens is 1. The molecule has 0 radical (unpaired) electrons. The molecule has 0 unspecified atom stereocenters. The average molecular weight is 361 g/mol. The molecule has 0 bridgehead atoms. The van der Waals surface area contributed by atoms with Crippen molar-refractivity contribution in [2.24, 2.45) is 0 Å². The number of hydrogen-bond donors (Lipinski definition) is 2. The number of hydrogen-bond acceptors (Lipinski definition) is 2. The van der Waals surface area contributed by atoms with Gasteiger partial charge in [0.05, 0.1) is 5.56 Å². The number of aromatic amines is 1. The Morgan fingerprint density at radius 1 is 1.04 bits per heavy atom. The van der Waals surface area contributed by atoms with Gasteiger partial charge in [0.15, 0.2) is 5.43 Å². The first-order valence-corrected chi connectivity index (χ1v) is 9.16. The number of carboxylic acid groups (broad SMARTS) is 1. The maximum atomic E-state index is 12.9. The highest BCUT2D eigenvalue weighted by molar-refractivity contribution is 5.92. The van der Waals surface area contributed by atoms with Crippen molar-refractivity contribution in [1.82, 2.24) is 4.98 Å². The summed E-state index contributed by atoms with van der Waals surface area (Å²) < 4.78 is 0. The minimum Gasteiger partial charge on any atom is -0.478 e. The van der Waals surface area contributed by atoms with Gasteiger partial charge in [-0.25, -0.2) is 4.79 Å². The number of nitrogens with one attached hydrogen (secondary N) is 1. The standard InChI is InChI=1S/C23H23NO3/c1-3-4-10-20-21(22(25)15(2)14-24-20)18-11-17(12-19(13-18)23(26)27)16-8-6-5-7-9-16/h5-9,11-14H,3-4,10H2,1-2H3,(H,24,25)(H,26,27). The van der Waals surface area contributed by atoms with Gasteiger partial charge in [-0.15, -0.1) is 0 Å². The Balaban J connectivity index is 2.25. The van der Waals surface area contributed by atoms with E-state index in [0.29, 0.717) is 16.7 Å². The van der Waals surface area contributed by atoms with Gasteiger partial charge < -0.3 is 10.1 Å². The molecule has 1 aromatic heterocycles. The van der Waals surface area contributed by atoms with Gasteiger partial charge in [-0.3, -0.25) is 4.79 Å². The van der Waals surface area contributed by atoms with Crippen LogP contribution in [0.15, 0.2) is 59.5 Å². The van der Waals surface area contributed by atoms with Crippen LogP contribution in [0.2, 0.25) is 0 Å². The number of carbonyl (C=O) groups is 1. The van der Waals surface area contributed by atoms with Gasteiger partial charge in [-0.05, 0) is 54.7 Å². The van der Waals surface area contributed by atoms with Crippen molar-refractivity contribution in [2.45, 2.75) is 33.1 Å². The number of rotatable bonds is 6. The molecule has 2 N–H and O–H groups in total. The van der Waals surface area contributed by atoms with Crippen LogP contribution in [0.5, 0.6) is 0 Å². The van der Waals surface area contributed by atoms with E-state index < -0.39 is 5.97 Å². The molecule has 1 heterocycles. The SMILES string of the molecule is CCCCc1[nH]cc(C)c(=O)c1-c1cc(C(=O)O)cc(-c2ccccc2)c1. The van der Waals surface area contributed by atoms with Gasteiger partial charge in [0.25, 0.3) is 0 Å². The van der Waals surface area contributed by atoms with Gasteiger partial charge in [0.1, 0.15) is 0 Å². The molecule has 138 valence electrons. The van der Waals surface area contributed by atoms with Crippen LogP contribution in [0.3, 0.4) is 0 Å². The highest BCUT2D eigenvalue weighted by Crippen LogP contribution is 2.29. The molecule has 3 rings (SSSR count). The van der Waals surface area contributed by atoms with Crippen LogP contribution >= 0.6 is 0 Å². The van der Waals surface area contributed by atoms with Crippen LogP contribution in [0.25, 0.3) is 22.3 Å². The molecule has 27 heavy (non-hydrogen) atoms. The van der Waals surface area contributed by atoms with Crippen molar-refractivity contribution in [1.29, 1.82) is 0 Å². The van der Waals surface area contributed by atoms with Gasteiger partial charge in [0.2, 0.25) is 0 Å². The summed E-state index contributed by atoms with van der Waals surface area (Å²) in [6, 6.07) is 14.8. The Labute approximate surface area is 158 Å². The lowest BCUT2D eigenvalue weighted by atomic mass is 9.93. The molecule has 0 spiro atoms. The second kappa shape index (κ2) is 8.04. The molecule has 4 nitrogen and oxygen atoms in total. The quantitative estimate of drug-likeness (QED) is 0.645. The monoisotopic (exact) mass is 361 g/mol. The van der Waals surface area contributed by atoms with E-state index in [2.05, 4.69) is 11.9 Å². The third kappa shape index (κ3) is 4.00. The van der Waals surface area contributed by atoms with E-state index in [9.17, 15) is 14.7 Å². The van der Waals surface area contributed by atoms with Gasteiger partial charge in [-0.1, -0.05) is 43.7 Å². The Hall–Kier alpha value is -3.14. The minimum atomic E-state index is -1.01. The fraction of sp³-hybridized carbons (Fsp3) is 0.217. The third-order valence-electron chi connectivity index (χ3n) is 4.71. The summed E-state index contributed by atoms with van der Waals surface area (Å²) in [6.45, 7) is 3.87. The second-order valence-corrected chi connectivity index (χ2v) is 6.73. The molecule has 0 saturated carbocycles. The summed E-state index contributed by atoms with van der Waals surface area (Å²) in [5, 5.41) is 9.58. The van der Waals surface area contributed by atoms with Crippen LogP contribution in [0.4, 0.5) is 0 Å². The van der Waals surface area contributed by atoms with Crippen LogP contribution < -0.4 is 5.43 Å². The first kappa shape index (κ1) is 18.6. The van der Waals surface area contributed by atoms with Crippen LogP contribution in [0.1, 0.15) is 41.4 Å². The lowest BCUT2D eigenvalue weighted by Crippen LogP contribution is -2.13.